The second-order valence-electron chi connectivity index (χ2n) is 6.77. The van der Waals surface area contributed by atoms with Gasteiger partial charge in [0, 0.05) is 46.1 Å². The molecule has 1 heterocycles. The average Bonchev–Trinajstić information content (AvgIpc) is 2.72. The molecule has 1 aliphatic rings. The van der Waals surface area contributed by atoms with E-state index >= 15 is 0 Å². The van der Waals surface area contributed by atoms with E-state index in [1.165, 1.54) is 19.1 Å². The van der Waals surface area contributed by atoms with Gasteiger partial charge in [0.15, 0.2) is 6.61 Å². The van der Waals surface area contributed by atoms with Gasteiger partial charge in [-0.2, -0.15) is 0 Å². The summed E-state index contributed by atoms with van der Waals surface area (Å²) < 4.78 is 17.7. The van der Waals surface area contributed by atoms with Gasteiger partial charge in [-0.3, -0.25) is 19.2 Å². The summed E-state index contributed by atoms with van der Waals surface area (Å²) in [6.45, 7) is 3.30. The number of nitrogens with zero attached hydrogens (tertiary/aromatic N) is 2. The number of hydrogen-bond donors (Lipinski definition) is 1. The van der Waals surface area contributed by atoms with Gasteiger partial charge in [0.25, 0.3) is 5.91 Å². The van der Waals surface area contributed by atoms with Gasteiger partial charge in [-0.1, -0.05) is 12.1 Å². The van der Waals surface area contributed by atoms with E-state index in [4.69, 9.17) is 4.74 Å². The quantitative estimate of drug-likeness (QED) is 0.633. The van der Waals surface area contributed by atoms with Crippen LogP contribution in [0.3, 0.4) is 0 Å². The number of halogens is 1. The van der Waals surface area contributed by atoms with Gasteiger partial charge in [-0.05, 0) is 24.1 Å². The van der Waals surface area contributed by atoms with Gasteiger partial charge in [0.05, 0.1) is 6.42 Å². The topological polar surface area (TPSA) is 96.0 Å². The summed E-state index contributed by atoms with van der Waals surface area (Å²) in [6, 6.07) is 5.98. The highest BCUT2D eigenvalue weighted by molar-refractivity contribution is 5.84. The lowest BCUT2D eigenvalue weighted by molar-refractivity contribution is -0.150. The van der Waals surface area contributed by atoms with Crippen molar-refractivity contribution in [1.29, 1.82) is 0 Å². The number of benzene rings is 1. The van der Waals surface area contributed by atoms with Crippen LogP contribution in [0.2, 0.25) is 0 Å². The van der Waals surface area contributed by atoms with Crippen LogP contribution in [0.5, 0.6) is 0 Å². The van der Waals surface area contributed by atoms with Crippen molar-refractivity contribution in [3.8, 4) is 0 Å². The van der Waals surface area contributed by atoms with Gasteiger partial charge >= 0.3 is 5.97 Å². The highest BCUT2D eigenvalue weighted by atomic mass is 19.1. The molecule has 2 rings (SSSR count). The number of amides is 3. The minimum atomic E-state index is -0.616. The third kappa shape index (κ3) is 7.89. The number of carbonyl (C=O) groups is 4. The molecule has 1 fully saturated rings. The predicted octanol–water partition coefficient (Wildman–Crippen LogP) is 0.499. The molecule has 1 aromatic rings. The molecule has 158 valence electrons. The number of nitrogens with one attached hydrogen (secondary N) is 1. The van der Waals surface area contributed by atoms with Crippen molar-refractivity contribution >= 4 is 23.7 Å². The maximum atomic E-state index is 12.8. The molecule has 0 saturated carbocycles. The van der Waals surface area contributed by atoms with Crippen LogP contribution in [0.4, 0.5) is 4.39 Å². The molecule has 0 aliphatic carbocycles. The monoisotopic (exact) mass is 407 g/mol. The van der Waals surface area contributed by atoms with Gasteiger partial charge in [-0.15, -0.1) is 0 Å². The summed E-state index contributed by atoms with van der Waals surface area (Å²) >= 11 is 0. The molecule has 0 aromatic heterocycles. The summed E-state index contributed by atoms with van der Waals surface area (Å²) in [5.41, 5.74) is 0.881. The average molecular weight is 407 g/mol. The molecule has 29 heavy (non-hydrogen) atoms. The molecule has 0 atom stereocenters. The van der Waals surface area contributed by atoms with Gasteiger partial charge in [0.1, 0.15) is 5.82 Å². The zero-order chi connectivity index (χ0) is 21.2. The SMILES string of the molecule is CC(=O)N1CCN(C(=O)CCC(=O)OCC(=O)NCCc2ccc(F)cc2)CC1. The maximum Gasteiger partial charge on any atom is 0.306 e. The van der Waals surface area contributed by atoms with Crippen molar-refractivity contribution in [2.45, 2.75) is 26.2 Å². The van der Waals surface area contributed by atoms with E-state index in [2.05, 4.69) is 5.32 Å². The highest BCUT2D eigenvalue weighted by Gasteiger charge is 2.22. The Labute approximate surface area is 169 Å². The standard InChI is InChI=1S/C20H26FN3O5/c1-15(25)23-10-12-24(13-11-23)19(27)6-7-20(28)29-14-18(26)22-9-8-16-2-4-17(21)5-3-16/h2-5H,6-14H2,1H3,(H,22,26). The first kappa shape index (κ1) is 22.3. The Balaban J connectivity index is 1.56. The molecule has 1 aromatic carbocycles. The first-order valence-corrected chi connectivity index (χ1v) is 9.55. The third-order valence-corrected chi connectivity index (χ3v) is 4.63. The molecule has 1 saturated heterocycles. The Morgan fingerprint density at radius 1 is 1.00 bits per heavy atom. The van der Waals surface area contributed by atoms with Crippen molar-refractivity contribution in [2.75, 3.05) is 39.3 Å². The van der Waals surface area contributed by atoms with Crippen molar-refractivity contribution in [3.05, 3.63) is 35.6 Å². The molecule has 9 heteroatoms. The van der Waals surface area contributed by atoms with Crippen LogP contribution in [0.15, 0.2) is 24.3 Å². The molecule has 3 amide bonds. The fourth-order valence-corrected chi connectivity index (χ4v) is 2.90. The number of carbonyl (C=O) groups excluding carboxylic acids is 4. The molecule has 1 aliphatic heterocycles. The first-order chi connectivity index (χ1) is 13.8. The Bertz CT molecular complexity index is 730. The zero-order valence-corrected chi connectivity index (χ0v) is 16.5. The molecule has 0 unspecified atom stereocenters. The fraction of sp³-hybridized carbons (Fsp3) is 0.500. The molecule has 8 nitrogen and oxygen atoms in total. The summed E-state index contributed by atoms with van der Waals surface area (Å²) in [7, 11) is 0. The lowest BCUT2D eigenvalue weighted by Gasteiger charge is -2.34. The summed E-state index contributed by atoms with van der Waals surface area (Å²) in [6.07, 6.45) is 0.436. The molecule has 1 N–H and O–H groups in total. The maximum absolute atomic E-state index is 12.8. The van der Waals surface area contributed by atoms with Crippen molar-refractivity contribution in [1.82, 2.24) is 15.1 Å². The zero-order valence-electron chi connectivity index (χ0n) is 16.5. The lowest BCUT2D eigenvalue weighted by atomic mass is 10.1. The number of esters is 1. The second-order valence-corrected chi connectivity index (χ2v) is 6.77. The minimum Gasteiger partial charge on any atom is -0.456 e. The number of piperazine rings is 1. The van der Waals surface area contributed by atoms with E-state index in [-0.39, 0.29) is 30.5 Å². The van der Waals surface area contributed by atoms with Gasteiger partial charge in [0.2, 0.25) is 11.8 Å². The predicted molar refractivity (Wildman–Crippen MR) is 102 cm³/mol. The highest BCUT2D eigenvalue weighted by Crippen LogP contribution is 2.06. The Morgan fingerprint density at radius 2 is 1.62 bits per heavy atom. The Morgan fingerprint density at radius 3 is 2.24 bits per heavy atom. The molecular weight excluding hydrogens is 381 g/mol. The van der Waals surface area contributed by atoms with E-state index in [1.54, 1.807) is 21.9 Å². The van der Waals surface area contributed by atoms with Crippen LogP contribution in [0, 0.1) is 5.82 Å². The number of hydrogen-bond acceptors (Lipinski definition) is 5. The first-order valence-electron chi connectivity index (χ1n) is 9.55. The lowest BCUT2D eigenvalue weighted by Crippen LogP contribution is -2.50. The van der Waals surface area contributed by atoms with Crippen LogP contribution in [0.1, 0.15) is 25.3 Å². The smallest absolute Gasteiger partial charge is 0.306 e. The summed E-state index contributed by atoms with van der Waals surface area (Å²) in [4.78, 5) is 50.2. The van der Waals surface area contributed by atoms with Crippen LogP contribution in [-0.4, -0.2) is 72.8 Å². The molecular formula is C20H26FN3O5. The summed E-state index contributed by atoms with van der Waals surface area (Å²) in [5.74, 6) is -1.56. The van der Waals surface area contributed by atoms with E-state index < -0.39 is 18.5 Å². The third-order valence-electron chi connectivity index (χ3n) is 4.63. The number of rotatable bonds is 8. The van der Waals surface area contributed by atoms with E-state index in [1.807, 2.05) is 0 Å². The fourth-order valence-electron chi connectivity index (χ4n) is 2.90. The molecule has 0 spiro atoms. The normalized spacial score (nSPS) is 13.7. The van der Waals surface area contributed by atoms with E-state index in [0.29, 0.717) is 39.1 Å². The van der Waals surface area contributed by atoms with Crippen LogP contribution >= 0.6 is 0 Å². The Kier molecular flexibility index (Phi) is 8.57. The van der Waals surface area contributed by atoms with Crippen molar-refractivity contribution < 1.29 is 28.3 Å². The number of ether oxygens (including phenoxy) is 1. The molecule has 0 radical (unpaired) electrons. The minimum absolute atomic E-state index is 0.00505. The van der Waals surface area contributed by atoms with Crippen LogP contribution in [0.25, 0.3) is 0 Å². The van der Waals surface area contributed by atoms with E-state index in [0.717, 1.165) is 5.56 Å². The molecule has 0 bridgehead atoms. The van der Waals surface area contributed by atoms with Crippen molar-refractivity contribution in [3.63, 3.8) is 0 Å². The van der Waals surface area contributed by atoms with Crippen molar-refractivity contribution in [2.24, 2.45) is 0 Å². The summed E-state index contributed by atoms with van der Waals surface area (Å²) in [5, 5.41) is 2.61. The largest absolute Gasteiger partial charge is 0.456 e. The van der Waals surface area contributed by atoms with Crippen LogP contribution in [-0.2, 0) is 30.3 Å². The Hall–Kier alpha value is -2.97. The van der Waals surface area contributed by atoms with E-state index in [9.17, 15) is 23.6 Å². The van der Waals surface area contributed by atoms with Crippen LogP contribution < -0.4 is 5.32 Å². The van der Waals surface area contributed by atoms with Gasteiger partial charge < -0.3 is 19.9 Å². The second kappa shape index (κ2) is 11.1. The van der Waals surface area contributed by atoms with Gasteiger partial charge in [-0.25, -0.2) is 4.39 Å².